The summed E-state index contributed by atoms with van der Waals surface area (Å²) >= 11 is 0. The molecule has 2 amide bonds. The van der Waals surface area contributed by atoms with Gasteiger partial charge in [-0.05, 0) is 19.8 Å². The Labute approximate surface area is 100 Å². The predicted octanol–water partition coefficient (Wildman–Crippen LogP) is 0.376. The van der Waals surface area contributed by atoms with Gasteiger partial charge in [-0.1, -0.05) is 0 Å². The van der Waals surface area contributed by atoms with Crippen LogP contribution in [0.25, 0.3) is 0 Å². The Morgan fingerprint density at radius 1 is 1.29 bits per heavy atom. The summed E-state index contributed by atoms with van der Waals surface area (Å²) in [6.07, 6.45) is 1.32. The highest BCUT2D eigenvalue weighted by Crippen LogP contribution is 2.21. The normalized spacial score (nSPS) is 29.5. The van der Waals surface area contributed by atoms with Crippen LogP contribution >= 0.6 is 0 Å². The molecule has 0 aliphatic carbocycles. The van der Waals surface area contributed by atoms with Crippen LogP contribution in [0.15, 0.2) is 0 Å². The van der Waals surface area contributed by atoms with Crippen molar-refractivity contribution in [2.24, 2.45) is 0 Å². The van der Waals surface area contributed by atoms with E-state index in [0.717, 1.165) is 6.42 Å². The number of morpholine rings is 1. The average molecular weight is 242 g/mol. The van der Waals surface area contributed by atoms with Gasteiger partial charge in [-0.15, -0.1) is 0 Å². The molecule has 0 saturated carbocycles. The summed E-state index contributed by atoms with van der Waals surface area (Å²) in [5.41, 5.74) is 0. The Balaban J connectivity index is 2.05. The number of nitrogens with zero attached hydrogens (tertiary/aromatic N) is 2. The van der Waals surface area contributed by atoms with Crippen LogP contribution in [0.2, 0.25) is 0 Å². The number of rotatable bonds is 1. The van der Waals surface area contributed by atoms with E-state index in [9.17, 15) is 9.59 Å². The molecule has 2 unspecified atom stereocenters. The lowest BCUT2D eigenvalue weighted by molar-refractivity contribution is -0.141. The number of urea groups is 1. The monoisotopic (exact) mass is 242 g/mol. The molecule has 0 radical (unpaired) electrons. The number of ether oxygens (including phenoxy) is 1. The summed E-state index contributed by atoms with van der Waals surface area (Å²) in [7, 11) is 0. The molecule has 1 N–H and O–H groups in total. The van der Waals surface area contributed by atoms with Crippen molar-refractivity contribution in [2.45, 2.75) is 31.8 Å². The minimum absolute atomic E-state index is 0.0197. The number of hydrogen-bond acceptors (Lipinski definition) is 3. The molecule has 0 aromatic heterocycles. The van der Waals surface area contributed by atoms with Crippen LogP contribution in [0.3, 0.4) is 0 Å². The number of aliphatic carboxylic acids is 1. The zero-order chi connectivity index (χ0) is 12.4. The second kappa shape index (κ2) is 4.91. The number of hydrogen-bond donors (Lipinski definition) is 1. The molecule has 96 valence electrons. The van der Waals surface area contributed by atoms with E-state index in [0.29, 0.717) is 32.7 Å². The van der Waals surface area contributed by atoms with Gasteiger partial charge in [0.15, 0.2) is 0 Å². The third-order valence-electron chi connectivity index (χ3n) is 3.40. The fourth-order valence-corrected chi connectivity index (χ4v) is 2.43. The molecular formula is C11H18N2O4. The Morgan fingerprint density at radius 3 is 2.71 bits per heavy atom. The van der Waals surface area contributed by atoms with E-state index in [4.69, 9.17) is 9.84 Å². The number of carboxylic acid groups (broad SMARTS) is 1. The van der Waals surface area contributed by atoms with Crippen LogP contribution in [-0.4, -0.2) is 65.3 Å². The second-order valence-corrected chi connectivity index (χ2v) is 4.59. The summed E-state index contributed by atoms with van der Waals surface area (Å²) in [5.74, 6) is -0.906. The largest absolute Gasteiger partial charge is 0.480 e. The van der Waals surface area contributed by atoms with Gasteiger partial charge in [0.25, 0.3) is 0 Å². The quantitative estimate of drug-likeness (QED) is 0.721. The number of carbonyl (C=O) groups excluding carboxylic acids is 1. The summed E-state index contributed by atoms with van der Waals surface area (Å²) in [5, 5.41) is 9.06. The van der Waals surface area contributed by atoms with Gasteiger partial charge >= 0.3 is 12.0 Å². The molecule has 2 atom stereocenters. The van der Waals surface area contributed by atoms with E-state index in [1.807, 2.05) is 6.92 Å². The fraction of sp³-hybridized carbons (Fsp3) is 0.818. The van der Waals surface area contributed by atoms with Gasteiger partial charge in [-0.2, -0.15) is 0 Å². The first-order valence-electron chi connectivity index (χ1n) is 5.99. The Kier molecular flexibility index (Phi) is 3.51. The van der Waals surface area contributed by atoms with E-state index in [-0.39, 0.29) is 12.1 Å². The van der Waals surface area contributed by atoms with Gasteiger partial charge in [0, 0.05) is 13.1 Å². The minimum atomic E-state index is -0.906. The van der Waals surface area contributed by atoms with Crippen molar-refractivity contribution in [1.82, 2.24) is 9.80 Å². The van der Waals surface area contributed by atoms with Crippen LogP contribution in [0, 0.1) is 0 Å². The molecule has 6 nitrogen and oxygen atoms in total. The smallest absolute Gasteiger partial charge is 0.326 e. The lowest BCUT2D eigenvalue weighted by Gasteiger charge is -2.37. The highest BCUT2D eigenvalue weighted by Gasteiger charge is 2.37. The maximum atomic E-state index is 12.3. The minimum Gasteiger partial charge on any atom is -0.480 e. The summed E-state index contributed by atoms with van der Waals surface area (Å²) in [4.78, 5) is 26.5. The van der Waals surface area contributed by atoms with Crippen LogP contribution in [0.4, 0.5) is 4.79 Å². The third kappa shape index (κ3) is 2.36. The fourth-order valence-electron chi connectivity index (χ4n) is 2.43. The van der Waals surface area contributed by atoms with Gasteiger partial charge < -0.3 is 19.6 Å². The number of carboxylic acids is 1. The molecule has 2 heterocycles. The van der Waals surface area contributed by atoms with Gasteiger partial charge in [-0.3, -0.25) is 0 Å². The maximum absolute atomic E-state index is 12.3. The Hall–Kier alpha value is -1.30. The first-order valence-corrected chi connectivity index (χ1v) is 5.99. The zero-order valence-corrected chi connectivity index (χ0v) is 9.96. The topological polar surface area (TPSA) is 70.1 Å². The van der Waals surface area contributed by atoms with Crippen LogP contribution in [0.5, 0.6) is 0 Å². The summed E-state index contributed by atoms with van der Waals surface area (Å²) < 4.78 is 5.27. The van der Waals surface area contributed by atoms with E-state index in [2.05, 4.69) is 0 Å². The lowest BCUT2D eigenvalue weighted by atomic mass is 10.2. The van der Waals surface area contributed by atoms with Crippen molar-refractivity contribution < 1.29 is 19.4 Å². The molecule has 2 saturated heterocycles. The van der Waals surface area contributed by atoms with Gasteiger partial charge in [0.2, 0.25) is 0 Å². The molecular weight excluding hydrogens is 224 g/mol. The molecule has 6 heteroatoms. The number of carbonyl (C=O) groups is 2. The highest BCUT2D eigenvalue weighted by molar-refractivity contribution is 5.83. The zero-order valence-electron chi connectivity index (χ0n) is 9.96. The second-order valence-electron chi connectivity index (χ2n) is 4.59. The van der Waals surface area contributed by atoms with Crippen LogP contribution in [-0.2, 0) is 9.53 Å². The van der Waals surface area contributed by atoms with E-state index in [1.54, 1.807) is 4.90 Å². The summed E-state index contributed by atoms with van der Waals surface area (Å²) in [6.45, 7) is 4.06. The predicted molar refractivity (Wildman–Crippen MR) is 59.7 cm³/mol. The molecule has 0 bridgehead atoms. The first kappa shape index (κ1) is 12.2. The molecule has 2 aliphatic heterocycles. The number of likely N-dealkylation sites (tertiary alicyclic amines) is 1. The molecule has 2 rings (SSSR count). The summed E-state index contributed by atoms with van der Waals surface area (Å²) in [6, 6.07) is -0.797. The standard InChI is InChI=1S/C11H18N2O4/c1-8-7-17-6-5-12(8)11(16)13-4-2-3-9(13)10(14)15/h8-9H,2-7H2,1H3,(H,14,15). The molecule has 0 spiro atoms. The van der Waals surface area contributed by atoms with Crippen molar-refractivity contribution >= 4 is 12.0 Å². The lowest BCUT2D eigenvalue weighted by Crippen LogP contribution is -2.54. The van der Waals surface area contributed by atoms with E-state index >= 15 is 0 Å². The number of amides is 2. The van der Waals surface area contributed by atoms with Crippen molar-refractivity contribution in [2.75, 3.05) is 26.3 Å². The van der Waals surface area contributed by atoms with Crippen molar-refractivity contribution in [1.29, 1.82) is 0 Å². The average Bonchev–Trinajstić information content (AvgIpc) is 2.77. The van der Waals surface area contributed by atoms with Crippen molar-refractivity contribution in [3.05, 3.63) is 0 Å². The SMILES string of the molecule is CC1COCCN1C(=O)N1CCCC1C(=O)O. The Bertz CT molecular complexity index is 321. The third-order valence-corrected chi connectivity index (χ3v) is 3.40. The van der Waals surface area contributed by atoms with Gasteiger partial charge in [-0.25, -0.2) is 9.59 Å². The van der Waals surface area contributed by atoms with Gasteiger partial charge in [0.05, 0.1) is 19.3 Å². The van der Waals surface area contributed by atoms with Crippen molar-refractivity contribution in [3.63, 3.8) is 0 Å². The maximum Gasteiger partial charge on any atom is 0.326 e. The Morgan fingerprint density at radius 2 is 2.06 bits per heavy atom. The van der Waals surface area contributed by atoms with Crippen molar-refractivity contribution in [3.8, 4) is 0 Å². The molecule has 2 aliphatic rings. The molecule has 2 fully saturated rings. The molecule has 17 heavy (non-hydrogen) atoms. The highest BCUT2D eigenvalue weighted by atomic mass is 16.5. The van der Waals surface area contributed by atoms with Crippen LogP contribution in [0.1, 0.15) is 19.8 Å². The van der Waals surface area contributed by atoms with E-state index in [1.165, 1.54) is 4.90 Å². The molecule has 0 aromatic rings. The van der Waals surface area contributed by atoms with Crippen LogP contribution < -0.4 is 0 Å². The molecule has 0 aromatic carbocycles. The van der Waals surface area contributed by atoms with Gasteiger partial charge in [0.1, 0.15) is 6.04 Å². The van der Waals surface area contributed by atoms with E-state index < -0.39 is 12.0 Å². The first-order chi connectivity index (χ1) is 8.11.